The topological polar surface area (TPSA) is 72.7 Å². The van der Waals surface area contributed by atoms with Crippen LogP contribution in [0, 0.1) is 6.92 Å². The minimum absolute atomic E-state index is 0.133. The summed E-state index contributed by atoms with van der Waals surface area (Å²) in [5.74, 6) is 0.529. The van der Waals surface area contributed by atoms with Gasteiger partial charge in [0.25, 0.3) is 5.91 Å². The van der Waals surface area contributed by atoms with Crippen molar-refractivity contribution in [1.82, 2.24) is 24.7 Å². The molecule has 100 valence electrons. The molecule has 1 aliphatic carbocycles. The minimum atomic E-state index is -0.133. The van der Waals surface area contributed by atoms with E-state index in [4.69, 9.17) is 0 Å². The molecule has 2 aromatic heterocycles. The molecule has 3 rings (SSSR count). The minimum Gasteiger partial charge on any atom is -0.346 e. The van der Waals surface area contributed by atoms with Crippen LogP contribution in [0.15, 0.2) is 6.07 Å². The van der Waals surface area contributed by atoms with Gasteiger partial charge in [0.05, 0.1) is 17.9 Å². The fourth-order valence-corrected chi connectivity index (χ4v) is 2.65. The first-order valence-corrected chi connectivity index (χ1v) is 7.02. The molecule has 6 nitrogen and oxygen atoms in total. The Morgan fingerprint density at radius 3 is 3.00 bits per heavy atom. The first-order chi connectivity index (χ1) is 9.15. The molecule has 1 aliphatic rings. The zero-order valence-electron chi connectivity index (χ0n) is 10.9. The SMILES string of the molecule is Cc1nnsc1C(=O)NCc1cc(C2CC2)n(C)n1. The maximum absolute atomic E-state index is 11.9. The Kier molecular flexibility index (Phi) is 3.06. The van der Waals surface area contributed by atoms with Crippen molar-refractivity contribution in [3.05, 3.63) is 28.0 Å². The second-order valence-corrected chi connectivity index (χ2v) is 5.58. The van der Waals surface area contributed by atoms with Crippen molar-refractivity contribution in [2.24, 2.45) is 7.05 Å². The zero-order valence-corrected chi connectivity index (χ0v) is 11.7. The predicted octanol–water partition coefficient (Wildman–Crippen LogP) is 1.39. The molecule has 0 spiro atoms. The fraction of sp³-hybridized carbons (Fsp3) is 0.500. The molecule has 19 heavy (non-hydrogen) atoms. The second-order valence-electron chi connectivity index (χ2n) is 4.83. The lowest BCUT2D eigenvalue weighted by Crippen LogP contribution is -2.22. The van der Waals surface area contributed by atoms with Crippen molar-refractivity contribution in [3.63, 3.8) is 0 Å². The smallest absolute Gasteiger partial charge is 0.265 e. The number of hydrogen-bond donors (Lipinski definition) is 1. The Hall–Kier alpha value is -1.76. The van der Waals surface area contributed by atoms with Crippen LogP contribution in [0.3, 0.4) is 0 Å². The highest BCUT2D eigenvalue weighted by atomic mass is 32.1. The van der Waals surface area contributed by atoms with Crippen LogP contribution in [0.4, 0.5) is 0 Å². The van der Waals surface area contributed by atoms with Crippen LogP contribution in [0.25, 0.3) is 0 Å². The van der Waals surface area contributed by atoms with Crippen molar-refractivity contribution in [2.75, 3.05) is 0 Å². The van der Waals surface area contributed by atoms with Crippen LogP contribution in [0.1, 0.15) is 45.5 Å². The summed E-state index contributed by atoms with van der Waals surface area (Å²) in [5, 5.41) is 11.1. The van der Waals surface area contributed by atoms with Crippen molar-refractivity contribution < 1.29 is 4.79 Å². The molecule has 2 heterocycles. The van der Waals surface area contributed by atoms with Gasteiger partial charge < -0.3 is 5.32 Å². The maximum atomic E-state index is 11.9. The third-order valence-corrected chi connectivity index (χ3v) is 4.08. The molecule has 0 bridgehead atoms. The van der Waals surface area contributed by atoms with Gasteiger partial charge in [-0.25, -0.2) is 0 Å². The Bertz CT molecular complexity index is 613. The third-order valence-electron chi connectivity index (χ3n) is 3.25. The van der Waals surface area contributed by atoms with E-state index in [1.165, 1.54) is 18.5 Å². The molecule has 1 N–H and O–H groups in total. The number of nitrogens with one attached hydrogen (secondary N) is 1. The summed E-state index contributed by atoms with van der Waals surface area (Å²) in [6.45, 7) is 2.22. The highest BCUT2D eigenvalue weighted by Gasteiger charge is 2.27. The van der Waals surface area contributed by atoms with Gasteiger partial charge in [-0.15, -0.1) is 5.10 Å². The Balaban J connectivity index is 1.64. The van der Waals surface area contributed by atoms with Crippen molar-refractivity contribution >= 4 is 17.4 Å². The molecule has 7 heteroatoms. The van der Waals surface area contributed by atoms with Crippen LogP contribution >= 0.6 is 11.5 Å². The molecular formula is C12H15N5OS. The normalized spacial score (nSPS) is 14.6. The van der Waals surface area contributed by atoms with E-state index in [-0.39, 0.29) is 5.91 Å². The maximum Gasteiger partial charge on any atom is 0.265 e. The quantitative estimate of drug-likeness (QED) is 0.916. The average Bonchev–Trinajstić information content (AvgIpc) is 3.03. The molecule has 0 unspecified atom stereocenters. The van der Waals surface area contributed by atoms with E-state index in [0.29, 0.717) is 23.0 Å². The number of rotatable bonds is 4. The fourth-order valence-electron chi connectivity index (χ4n) is 2.08. The van der Waals surface area contributed by atoms with Crippen LogP contribution in [-0.2, 0) is 13.6 Å². The van der Waals surface area contributed by atoms with Crippen molar-refractivity contribution in [3.8, 4) is 0 Å². The highest BCUT2D eigenvalue weighted by molar-refractivity contribution is 7.07. The molecule has 0 aromatic carbocycles. The van der Waals surface area contributed by atoms with Gasteiger partial charge in [0.1, 0.15) is 4.88 Å². The summed E-state index contributed by atoms with van der Waals surface area (Å²) in [4.78, 5) is 12.5. The molecule has 0 radical (unpaired) electrons. The first-order valence-electron chi connectivity index (χ1n) is 6.25. The van der Waals surface area contributed by atoms with E-state index in [1.54, 1.807) is 6.92 Å². The van der Waals surface area contributed by atoms with Gasteiger partial charge >= 0.3 is 0 Å². The molecule has 2 aromatic rings. The molecule has 0 saturated heterocycles. The van der Waals surface area contributed by atoms with Gasteiger partial charge in [0.2, 0.25) is 0 Å². The lowest BCUT2D eigenvalue weighted by atomic mass is 10.2. The molecule has 0 aliphatic heterocycles. The predicted molar refractivity (Wildman–Crippen MR) is 71.0 cm³/mol. The number of amides is 1. The summed E-state index contributed by atoms with van der Waals surface area (Å²) in [6.07, 6.45) is 2.49. The van der Waals surface area contributed by atoms with E-state index >= 15 is 0 Å². The average molecular weight is 277 g/mol. The van der Waals surface area contributed by atoms with E-state index in [9.17, 15) is 4.79 Å². The number of aromatic nitrogens is 4. The number of nitrogens with zero attached hydrogens (tertiary/aromatic N) is 4. The van der Waals surface area contributed by atoms with Crippen LogP contribution < -0.4 is 5.32 Å². The third kappa shape index (κ3) is 2.51. The first kappa shape index (κ1) is 12.3. The summed E-state index contributed by atoms with van der Waals surface area (Å²) in [6, 6.07) is 2.08. The summed E-state index contributed by atoms with van der Waals surface area (Å²) in [7, 11) is 1.95. The lowest BCUT2D eigenvalue weighted by molar-refractivity contribution is 0.0953. The highest BCUT2D eigenvalue weighted by Crippen LogP contribution is 2.39. The Morgan fingerprint density at radius 2 is 2.37 bits per heavy atom. The van der Waals surface area contributed by atoms with Crippen molar-refractivity contribution in [1.29, 1.82) is 0 Å². The van der Waals surface area contributed by atoms with E-state index < -0.39 is 0 Å². The molecule has 1 fully saturated rings. The number of hydrogen-bond acceptors (Lipinski definition) is 5. The molecule has 0 atom stereocenters. The van der Waals surface area contributed by atoms with Gasteiger partial charge in [-0.05, 0) is 37.4 Å². The summed E-state index contributed by atoms with van der Waals surface area (Å²) < 4.78 is 5.67. The van der Waals surface area contributed by atoms with Crippen LogP contribution in [-0.4, -0.2) is 25.3 Å². The number of aryl methyl sites for hydroxylation is 2. The Morgan fingerprint density at radius 1 is 1.58 bits per heavy atom. The van der Waals surface area contributed by atoms with E-state index in [2.05, 4.69) is 26.1 Å². The zero-order chi connectivity index (χ0) is 13.4. The molecule has 1 amide bonds. The van der Waals surface area contributed by atoms with Gasteiger partial charge in [-0.3, -0.25) is 9.48 Å². The van der Waals surface area contributed by atoms with Crippen molar-refractivity contribution in [2.45, 2.75) is 32.2 Å². The molecular weight excluding hydrogens is 262 g/mol. The van der Waals surface area contributed by atoms with Gasteiger partial charge in [0.15, 0.2) is 0 Å². The summed E-state index contributed by atoms with van der Waals surface area (Å²) >= 11 is 1.12. The van der Waals surface area contributed by atoms with E-state index in [1.807, 2.05) is 11.7 Å². The van der Waals surface area contributed by atoms with Crippen LogP contribution in [0.5, 0.6) is 0 Å². The Labute approximate surface area is 115 Å². The standard InChI is InChI=1S/C12H15N5OS/c1-7-11(19-16-14-7)12(18)13-6-9-5-10(8-3-4-8)17(2)15-9/h5,8H,3-4,6H2,1-2H3,(H,13,18). The monoisotopic (exact) mass is 277 g/mol. The van der Waals surface area contributed by atoms with Gasteiger partial charge in [-0.1, -0.05) is 4.49 Å². The number of carbonyl (C=O) groups excluding carboxylic acids is 1. The largest absolute Gasteiger partial charge is 0.346 e. The van der Waals surface area contributed by atoms with Gasteiger partial charge in [0, 0.05) is 18.7 Å². The lowest BCUT2D eigenvalue weighted by Gasteiger charge is -2.00. The molecule has 1 saturated carbocycles. The van der Waals surface area contributed by atoms with Crippen LogP contribution in [0.2, 0.25) is 0 Å². The second kappa shape index (κ2) is 4.73. The van der Waals surface area contributed by atoms with E-state index in [0.717, 1.165) is 17.2 Å². The summed E-state index contributed by atoms with van der Waals surface area (Å²) in [5.41, 5.74) is 2.83. The van der Waals surface area contributed by atoms with Gasteiger partial charge in [-0.2, -0.15) is 5.10 Å². The number of carbonyl (C=O) groups is 1.